The highest BCUT2D eigenvalue weighted by molar-refractivity contribution is 5.98. The first-order chi connectivity index (χ1) is 11.8. The van der Waals surface area contributed by atoms with E-state index in [0.29, 0.717) is 28.7 Å². The van der Waals surface area contributed by atoms with Crippen molar-refractivity contribution in [3.05, 3.63) is 17.7 Å². The summed E-state index contributed by atoms with van der Waals surface area (Å²) in [5, 5.41) is 3.27. The van der Waals surface area contributed by atoms with Crippen LogP contribution in [0.2, 0.25) is 0 Å². The molecule has 2 saturated carbocycles. The Kier molecular flexibility index (Phi) is 4.38. The average Bonchev–Trinajstić information content (AvgIpc) is 2.93. The SMILES string of the molecule is COc1cc(OC)c(C(=O)N[C@@H]2C[C@H]3CC[C@@]2(C)C3(C)C)cc1OC. The Balaban J connectivity index is 1.87. The normalized spacial score (nSPS) is 29.4. The van der Waals surface area contributed by atoms with Crippen molar-refractivity contribution in [1.82, 2.24) is 5.32 Å². The summed E-state index contributed by atoms with van der Waals surface area (Å²) in [7, 11) is 4.68. The zero-order valence-corrected chi connectivity index (χ0v) is 16.1. The highest BCUT2D eigenvalue weighted by Gasteiger charge is 2.61. The number of carbonyl (C=O) groups excluding carboxylic acids is 1. The van der Waals surface area contributed by atoms with E-state index < -0.39 is 0 Å². The molecule has 0 aromatic heterocycles. The van der Waals surface area contributed by atoms with Gasteiger partial charge in [-0.15, -0.1) is 0 Å². The lowest BCUT2D eigenvalue weighted by atomic mass is 9.69. The van der Waals surface area contributed by atoms with Crippen LogP contribution in [-0.2, 0) is 0 Å². The Morgan fingerprint density at radius 1 is 1.04 bits per heavy atom. The molecule has 1 aromatic rings. The molecule has 3 rings (SSSR count). The first-order valence-electron chi connectivity index (χ1n) is 8.89. The van der Waals surface area contributed by atoms with Crippen molar-refractivity contribution in [2.24, 2.45) is 16.7 Å². The van der Waals surface area contributed by atoms with Crippen molar-refractivity contribution in [3.63, 3.8) is 0 Å². The smallest absolute Gasteiger partial charge is 0.255 e. The summed E-state index contributed by atoms with van der Waals surface area (Å²) in [6, 6.07) is 3.57. The number of ether oxygens (including phenoxy) is 3. The van der Waals surface area contributed by atoms with Crippen LogP contribution in [0, 0.1) is 16.7 Å². The molecule has 5 heteroatoms. The summed E-state index contributed by atoms with van der Waals surface area (Å²) in [5.41, 5.74) is 0.869. The van der Waals surface area contributed by atoms with Gasteiger partial charge in [-0.1, -0.05) is 20.8 Å². The largest absolute Gasteiger partial charge is 0.496 e. The van der Waals surface area contributed by atoms with Crippen molar-refractivity contribution in [1.29, 1.82) is 0 Å². The zero-order valence-electron chi connectivity index (χ0n) is 16.1. The number of methoxy groups -OCH3 is 3. The predicted molar refractivity (Wildman–Crippen MR) is 96.6 cm³/mol. The molecule has 0 saturated heterocycles. The highest BCUT2D eigenvalue weighted by atomic mass is 16.5. The zero-order chi connectivity index (χ0) is 18.4. The van der Waals surface area contributed by atoms with Gasteiger partial charge in [-0.3, -0.25) is 4.79 Å². The fourth-order valence-electron chi connectivity index (χ4n) is 4.86. The van der Waals surface area contributed by atoms with Crippen molar-refractivity contribution in [3.8, 4) is 17.2 Å². The molecule has 0 aliphatic heterocycles. The van der Waals surface area contributed by atoms with E-state index in [-0.39, 0.29) is 22.8 Å². The molecule has 1 aromatic carbocycles. The van der Waals surface area contributed by atoms with E-state index in [0.717, 1.165) is 6.42 Å². The molecule has 5 nitrogen and oxygen atoms in total. The van der Waals surface area contributed by atoms with Crippen LogP contribution < -0.4 is 19.5 Å². The minimum Gasteiger partial charge on any atom is -0.496 e. The first-order valence-corrected chi connectivity index (χ1v) is 8.89. The number of benzene rings is 1. The van der Waals surface area contributed by atoms with E-state index in [9.17, 15) is 4.79 Å². The summed E-state index contributed by atoms with van der Waals surface area (Å²) in [5.74, 6) is 2.11. The number of rotatable bonds is 5. The molecule has 2 aliphatic rings. The molecule has 0 radical (unpaired) electrons. The fourth-order valence-corrected chi connectivity index (χ4v) is 4.86. The number of nitrogens with one attached hydrogen (secondary N) is 1. The minimum atomic E-state index is -0.118. The predicted octanol–water partition coefficient (Wildman–Crippen LogP) is 3.66. The van der Waals surface area contributed by atoms with Crippen molar-refractivity contribution >= 4 is 5.91 Å². The van der Waals surface area contributed by atoms with E-state index in [4.69, 9.17) is 14.2 Å². The number of amides is 1. The van der Waals surface area contributed by atoms with E-state index in [2.05, 4.69) is 26.1 Å². The molecule has 3 atom stereocenters. The standard InChI is InChI=1S/C20H29NO4/c1-19(2)12-7-8-20(19,3)17(9-12)21-18(22)13-10-15(24-5)16(25-6)11-14(13)23-4/h10-12,17H,7-9H2,1-6H3,(H,21,22)/t12-,17-,20-/m1/s1. The van der Waals surface area contributed by atoms with Gasteiger partial charge < -0.3 is 19.5 Å². The minimum absolute atomic E-state index is 0.118. The lowest BCUT2D eigenvalue weighted by Gasteiger charge is -2.39. The van der Waals surface area contributed by atoms with Crippen LogP contribution in [0.25, 0.3) is 0 Å². The van der Waals surface area contributed by atoms with Gasteiger partial charge in [0.1, 0.15) is 5.75 Å². The average molecular weight is 347 g/mol. The third kappa shape index (κ3) is 2.55. The molecular weight excluding hydrogens is 318 g/mol. The van der Waals surface area contributed by atoms with Gasteiger partial charge in [0.15, 0.2) is 11.5 Å². The van der Waals surface area contributed by atoms with E-state index >= 15 is 0 Å². The molecule has 2 aliphatic carbocycles. The van der Waals surface area contributed by atoms with Gasteiger partial charge in [-0.2, -0.15) is 0 Å². The van der Waals surface area contributed by atoms with Gasteiger partial charge in [0, 0.05) is 18.2 Å². The van der Waals surface area contributed by atoms with Crippen molar-refractivity contribution < 1.29 is 19.0 Å². The lowest BCUT2D eigenvalue weighted by molar-refractivity contribution is 0.0823. The Morgan fingerprint density at radius 3 is 2.12 bits per heavy atom. The summed E-state index contributed by atoms with van der Waals surface area (Å²) in [4.78, 5) is 13.0. The maximum atomic E-state index is 13.0. The number of hydrogen-bond acceptors (Lipinski definition) is 4. The second kappa shape index (κ2) is 6.11. The molecule has 2 fully saturated rings. The van der Waals surface area contributed by atoms with Crippen molar-refractivity contribution in [2.75, 3.05) is 21.3 Å². The van der Waals surface area contributed by atoms with Gasteiger partial charge in [0.25, 0.3) is 5.91 Å². The molecule has 0 unspecified atom stereocenters. The topological polar surface area (TPSA) is 56.8 Å². The maximum Gasteiger partial charge on any atom is 0.255 e. The first kappa shape index (κ1) is 17.9. The molecule has 0 spiro atoms. The molecular formula is C20H29NO4. The van der Waals surface area contributed by atoms with Crippen LogP contribution in [0.1, 0.15) is 50.4 Å². The fraction of sp³-hybridized carbons (Fsp3) is 0.650. The van der Waals surface area contributed by atoms with E-state index in [1.807, 2.05) is 0 Å². The van der Waals surface area contributed by atoms with Gasteiger partial charge in [0.05, 0.1) is 26.9 Å². The summed E-state index contributed by atoms with van der Waals surface area (Å²) in [6.45, 7) is 7.00. The number of hydrogen-bond donors (Lipinski definition) is 1. The third-order valence-corrected chi connectivity index (χ3v) is 7.05. The van der Waals surface area contributed by atoms with Crippen LogP contribution in [0.4, 0.5) is 0 Å². The summed E-state index contributed by atoms with van der Waals surface area (Å²) in [6.07, 6.45) is 3.47. The summed E-state index contributed by atoms with van der Waals surface area (Å²) >= 11 is 0. The van der Waals surface area contributed by atoms with Crippen LogP contribution in [0.5, 0.6) is 17.2 Å². The van der Waals surface area contributed by atoms with Crippen molar-refractivity contribution in [2.45, 2.75) is 46.1 Å². The lowest BCUT2D eigenvalue weighted by Crippen LogP contribution is -2.46. The molecule has 0 heterocycles. The van der Waals surface area contributed by atoms with Crippen LogP contribution in [-0.4, -0.2) is 33.3 Å². The molecule has 25 heavy (non-hydrogen) atoms. The van der Waals surface area contributed by atoms with Gasteiger partial charge in [0.2, 0.25) is 0 Å². The van der Waals surface area contributed by atoms with E-state index in [1.165, 1.54) is 12.8 Å². The van der Waals surface area contributed by atoms with Gasteiger partial charge in [-0.05, 0) is 36.0 Å². The molecule has 1 N–H and O–H groups in total. The Bertz CT molecular complexity index is 685. The second-order valence-corrected chi connectivity index (χ2v) is 8.04. The van der Waals surface area contributed by atoms with E-state index in [1.54, 1.807) is 33.5 Å². The van der Waals surface area contributed by atoms with Crippen LogP contribution in [0.3, 0.4) is 0 Å². The van der Waals surface area contributed by atoms with Crippen LogP contribution >= 0.6 is 0 Å². The Hall–Kier alpha value is -1.91. The monoisotopic (exact) mass is 347 g/mol. The third-order valence-electron chi connectivity index (χ3n) is 7.05. The quantitative estimate of drug-likeness (QED) is 0.883. The Morgan fingerprint density at radius 2 is 1.64 bits per heavy atom. The van der Waals surface area contributed by atoms with Gasteiger partial charge in [-0.25, -0.2) is 0 Å². The highest BCUT2D eigenvalue weighted by Crippen LogP contribution is 2.65. The van der Waals surface area contributed by atoms with Crippen LogP contribution in [0.15, 0.2) is 12.1 Å². The molecule has 2 bridgehead atoms. The van der Waals surface area contributed by atoms with Gasteiger partial charge >= 0.3 is 0 Å². The Labute approximate surface area is 150 Å². The molecule has 1 amide bonds. The maximum absolute atomic E-state index is 13.0. The molecule has 138 valence electrons. The summed E-state index contributed by atoms with van der Waals surface area (Å²) < 4.78 is 16.0. The number of carbonyl (C=O) groups is 1. The second-order valence-electron chi connectivity index (χ2n) is 8.04. The number of fused-ring (bicyclic) bond motifs is 2.